The Morgan fingerprint density at radius 2 is 2.04 bits per heavy atom. The lowest BCUT2D eigenvalue weighted by atomic mass is 9.94. The third-order valence-electron chi connectivity index (χ3n) is 3.93. The molecule has 3 heterocycles. The maximum absolute atomic E-state index is 13.8. The second kappa shape index (κ2) is 5.88. The number of alkyl halides is 3. The van der Waals surface area contributed by atoms with E-state index in [0.29, 0.717) is 0 Å². The highest BCUT2D eigenvalue weighted by molar-refractivity contribution is 7.11. The number of nitrogens with two attached hydrogens (primary N) is 1. The van der Waals surface area contributed by atoms with Gasteiger partial charge in [-0.3, -0.25) is 0 Å². The first-order valence-corrected chi connectivity index (χ1v) is 8.10. The fourth-order valence-corrected chi connectivity index (χ4v) is 3.50. The van der Waals surface area contributed by atoms with Gasteiger partial charge in [0.05, 0.1) is 18.3 Å². The number of halogens is 3. The molecule has 0 aromatic carbocycles. The number of aryl methyl sites for hydroxylation is 2. The van der Waals surface area contributed by atoms with Crippen LogP contribution >= 0.6 is 11.3 Å². The molecule has 3 aromatic heterocycles. The van der Waals surface area contributed by atoms with Gasteiger partial charge in [-0.05, 0) is 19.1 Å². The summed E-state index contributed by atoms with van der Waals surface area (Å²) >= 11 is 1.50. The number of aromatic nitrogens is 4. The smallest absolute Gasteiger partial charge is 0.384 e. The fraction of sp³-hybridized carbons (Fsp3) is 0.333. The molecule has 25 heavy (non-hydrogen) atoms. The van der Waals surface area contributed by atoms with Crippen molar-refractivity contribution in [2.45, 2.75) is 25.2 Å². The van der Waals surface area contributed by atoms with Crippen LogP contribution < -0.4 is 5.73 Å². The van der Waals surface area contributed by atoms with Gasteiger partial charge in [0, 0.05) is 29.2 Å². The van der Waals surface area contributed by atoms with Crippen LogP contribution in [0.4, 0.5) is 19.0 Å². The van der Waals surface area contributed by atoms with Crippen molar-refractivity contribution in [1.82, 2.24) is 19.3 Å². The maximum atomic E-state index is 13.8. The highest BCUT2D eigenvalue weighted by atomic mass is 32.1. The van der Waals surface area contributed by atoms with E-state index in [2.05, 4.69) is 10.1 Å². The van der Waals surface area contributed by atoms with Gasteiger partial charge in [-0.25, -0.2) is 9.67 Å². The van der Waals surface area contributed by atoms with Gasteiger partial charge in [0.2, 0.25) is 5.60 Å². The topological polar surface area (TPSA) is 81.9 Å². The maximum Gasteiger partial charge on any atom is 0.429 e. The monoisotopic (exact) mass is 371 g/mol. The first-order valence-electron chi connectivity index (χ1n) is 7.28. The summed E-state index contributed by atoms with van der Waals surface area (Å²) in [5, 5.41) is 14.5. The lowest BCUT2D eigenvalue weighted by Gasteiger charge is -2.29. The molecule has 3 rings (SSSR count). The Morgan fingerprint density at radius 3 is 2.56 bits per heavy atom. The molecule has 0 aliphatic heterocycles. The lowest BCUT2D eigenvalue weighted by Crippen LogP contribution is -2.45. The van der Waals surface area contributed by atoms with Crippen LogP contribution in [-0.2, 0) is 19.2 Å². The number of nitrogen functional groups attached to an aromatic ring is 1. The molecule has 10 heteroatoms. The van der Waals surface area contributed by atoms with Crippen molar-refractivity contribution in [2.75, 3.05) is 5.73 Å². The van der Waals surface area contributed by atoms with Crippen LogP contribution in [0.5, 0.6) is 0 Å². The van der Waals surface area contributed by atoms with E-state index in [4.69, 9.17) is 5.73 Å². The molecule has 0 bridgehead atoms. The summed E-state index contributed by atoms with van der Waals surface area (Å²) in [5.41, 5.74) is 2.02. The van der Waals surface area contributed by atoms with E-state index in [9.17, 15) is 18.3 Å². The van der Waals surface area contributed by atoms with E-state index in [1.807, 2.05) is 19.1 Å². The molecule has 0 radical (unpaired) electrons. The average molecular weight is 371 g/mol. The molecule has 1 atom stereocenters. The van der Waals surface area contributed by atoms with Crippen molar-refractivity contribution in [1.29, 1.82) is 0 Å². The van der Waals surface area contributed by atoms with E-state index < -0.39 is 23.2 Å². The molecule has 0 aliphatic carbocycles. The van der Waals surface area contributed by atoms with Gasteiger partial charge in [-0.1, -0.05) is 0 Å². The van der Waals surface area contributed by atoms with Crippen LogP contribution in [0.3, 0.4) is 0 Å². The molecule has 0 spiro atoms. The summed E-state index contributed by atoms with van der Waals surface area (Å²) in [6, 6.07) is 3.76. The number of hydrogen-bond donors (Lipinski definition) is 2. The number of nitrogens with zero attached hydrogens (tertiary/aromatic N) is 4. The predicted octanol–water partition coefficient (Wildman–Crippen LogP) is 2.42. The minimum Gasteiger partial charge on any atom is -0.384 e. The molecule has 0 amide bonds. The third kappa shape index (κ3) is 2.81. The van der Waals surface area contributed by atoms with Gasteiger partial charge in [0.1, 0.15) is 5.82 Å². The first-order chi connectivity index (χ1) is 11.6. The standard InChI is InChI=1S/C15H16F3N5OS/c1-9-3-4-10(25-9)8-23-12(19)11(7-21-23)14(24,15(16,17)18)13-20-5-6-22(13)2/h3-7,24H,8,19H2,1-2H3/t14-/m1/s1. The van der Waals surface area contributed by atoms with Crippen molar-refractivity contribution in [2.24, 2.45) is 7.05 Å². The molecule has 0 fully saturated rings. The highest BCUT2D eigenvalue weighted by Crippen LogP contribution is 2.45. The Bertz CT molecular complexity index is 897. The van der Waals surface area contributed by atoms with Crippen LogP contribution in [0.1, 0.15) is 21.1 Å². The number of aliphatic hydroxyl groups is 1. The Hall–Kier alpha value is -2.33. The highest BCUT2D eigenvalue weighted by Gasteiger charge is 2.60. The molecule has 0 saturated heterocycles. The van der Waals surface area contributed by atoms with Crippen molar-refractivity contribution in [3.8, 4) is 0 Å². The van der Waals surface area contributed by atoms with Crippen LogP contribution in [0.15, 0.2) is 30.7 Å². The Labute approximate surface area is 145 Å². The summed E-state index contributed by atoms with van der Waals surface area (Å²) in [4.78, 5) is 5.64. The van der Waals surface area contributed by atoms with Gasteiger partial charge in [-0.15, -0.1) is 11.3 Å². The first kappa shape index (κ1) is 17.5. The van der Waals surface area contributed by atoms with E-state index in [0.717, 1.165) is 20.5 Å². The molecular weight excluding hydrogens is 355 g/mol. The Balaban J connectivity index is 2.08. The quantitative estimate of drug-likeness (QED) is 0.738. The number of hydrogen-bond acceptors (Lipinski definition) is 5. The zero-order valence-electron chi connectivity index (χ0n) is 13.4. The summed E-state index contributed by atoms with van der Waals surface area (Å²) in [6.07, 6.45) is -1.58. The zero-order valence-corrected chi connectivity index (χ0v) is 14.3. The van der Waals surface area contributed by atoms with Gasteiger partial charge in [-0.2, -0.15) is 18.3 Å². The summed E-state index contributed by atoms with van der Waals surface area (Å²) in [7, 11) is 1.37. The van der Waals surface area contributed by atoms with Gasteiger partial charge in [0.25, 0.3) is 0 Å². The van der Waals surface area contributed by atoms with Crippen LogP contribution in [0.25, 0.3) is 0 Å². The van der Waals surface area contributed by atoms with E-state index in [-0.39, 0.29) is 12.4 Å². The fourth-order valence-electron chi connectivity index (χ4n) is 2.63. The largest absolute Gasteiger partial charge is 0.429 e. The molecule has 0 aliphatic rings. The molecule has 3 N–H and O–H groups in total. The molecular formula is C15H16F3N5OS. The second-order valence-corrected chi connectivity index (χ2v) is 7.06. The van der Waals surface area contributed by atoms with Crippen molar-refractivity contribution in [3.05, 3.63) is 51.9 Å². The minimum atomic E-state index is -5.02. The number of thiophene rings is 1. The van der Waals surface area contributed by atoms with Crippen molar-refractivity contribution < 1.29 is 18.3 Å². The van der Waals surface area contributed by atoms with Gasteiger partial charge >= 0.3 is 6.18 Å². The van der Waals surface area contributed by atoms with Crippen LogP contribution in [0.2, 0.25) is 0 Å². The molecule has 6 nitrogen and oxygen atoms in total. The predicted molar refractivity (Wildman–Crippen MR) is 87.1 cm³/mol. The molecule has 3 aromatic rings. The van der Waals surface area contributed by atoms with Gasteiger partial charge in [0.15, 0.2) is 5.82 Å². The number of anilines is 1. The minimum absolute atomic E-state index is 0.221. The third-order valence-corrected chi connectivity index (χ3v) is 4.91. The molecule has 134 valence electrons. The summed E-state index contributed by atoms with van der Waals surface area (Å²) in [5.74, 6) is -0.827. The lowest BCUT2D eigenvalue weighted by molar-refractivity contribution is -0.251. The van der Waals surface area contributed by atoms with E-state index in [1.54, 1.807) is 0 Å². The Kier molecular flexibility index (Phi) is 4.12. The average Bonchev–Trinajstić information content (AvgIpc) is 3.21. The van der Waals surface area contributed by atoms with Gasteiger partial charge < -0.3 is 15.4 Å². The van der Waals surface area contributed by atoms with Crippen molar-refractivity contribution >= 4 is 17.2 Å². The van der Waals surface area contributed by atoms with E-state index in [1.165, 1.54) is 35.5 Å². The zero-order chi connectivity index (χ0) is 18.4. The molecule has 0 saturated carbocycles. The van der Waals surface area contributed by atoms with E-state index >= 15 is 0 Å². The SMILES string of the molecule is Cc1ccc(Cn2ncc([C@@](O)(c3nccn3C)C(F)(F)F)c2N)s1. The molecule has 0 unspecified atom stereocenters. The Morgan fingerprint density at radius 1 is 1.32 bits per heavy atom. The normalized spacial score (nSPS) is 14.6. The summed E-state index contributed by atoms with van der Waals surface area (Å²) in [6.45, 7) is 2.15. The number of imidazole rings is 1. The van der Waals surface area contributed by atoms with Crippen molar-refractivity contribution in [3.63, 3.8) is 0 Å². The number of rotatable bonds is 4. The second-order valence-electron chi connectivity index (χ2n) is 5.68. The summed E-state index contributed by atoms with van der Waals surface area (Å²) < 4.78 is 43.6. The van der Waals surface area contributed by atoms with Crippen LogP contribution in [-0.4, -0.2) is 30.6 Å². The van der Waals surface area contributed by atoms with Crippen LogP contribution in [0, 0.1) is 6.92 Å².